The average Bonchev–Trinajstić information content (AvgIpc) is 2.08. The monoisotopic (exact) mass is 254 g/mol. The zero-order chi connectivity index (χ0) is 10.7. The largest absolute Gasteiger partial charge is 0.478 e. The molecule has 0 saturated carbocycles. The van der Waals surface area contributed by atoms with E-state index in [-0.39, 0.29) is 0 Å². The van der Waals surface area contributed by atoms with Crippen molar-refractivity contribution in [3.05, 3.63) is 39.9 Å². The molecule has 0 aliphatic heterocycles. The van der Waals surface area contributed by atoms with E-state index in [1.165, 1.54) is 6.08 Å². The Morgan fingerprint density at radius 1 is 1.50 bits per heavy atom. The minimum Gasteiger partial charge on any atom is -0.478 e. The van der Waals surface area contributed by atoms with Crippen LogP contribution in [0.2, 0.25) is 0 Å². The fourth-order valence-corrected chi connectivity index (χ4v) is 1.41. The number of carbonyl (C=O) groups is 1. The summed E-state index contributed by atoms with van der Waals surface area (Å²) in [5.74, 6) is -0.914. The highest BCUT2D eigenvalue weighted by atomic mass is 79.9. The Morgan fingerprint density at radius 2 is 2.14 bits per heavy atom. The standard InChI is InChI=1S/C11H11BrO2/c1-7(6-11(13)14)9-3-4-10(12)8(2)5-9/h3-6H,1-2H3,(H,13,14)/b7-6-. The van der Waals surface area contributed by atoms with E-state index >= 15 is 0 Å². The number of halogens is 1. The Hall–Kier alpha value is -1.09. The fourth-order valence-electron chi connectivity index (χ4n) is 1.16. The topological polar surface area (TPSA) is 37.3 Å². The molecule has 0 aliphatic rings. The van der Waals surface area contributed by atoms with Crippen LogP contribution in [-0.4, -0.2) is 11.1 Å². The van der Waals surface area contributed by atoms with E-state index in [4.69, 9.17) is 5.11 Å². The third-order valence-corrected chi connectivity index (χ3v) is 2.84. The Kier molecular flexibility index (Phi) is 3.47. The molecular weight excluding hydrogens is 244 g/mol. The maximum absolute atomic E-state index is 10.4. The van der Waals surface area contributed by atoms with Gasteiger partial charge in [0.25, 0.3) is 0 Å². The van der Waals surface area contributed by atoms with E-state index in [1.807, 2.05) is 25.1 Å². The van der Waals surface area contributed by atoms with E-state index in [9.17, 15) is 4.79 Å². The Labute approximate surface area is 91.4 Å². The molecule has 0 radical (unpaired) electrons. The predicted octanol–water partition coefficient (Wildman–Crippen LogP) is 3.25. The van der Waals surface area contributed by atoms with Crippen molar-refractivity contribution < 1.29 is 9.90 Å². The first kappa shape index (κ1) is 11.0. The summed E-state index contributed by atoms with van der Waals surface area (Å²) in [7, 11) is 0. The normalized spacial score (nSPS) is 11.5. The SMILES string of the molecule is C/C(=C/C(=O)O)c1ccc(Br)c(C)c1. The smallest absolute Gasteiger partial charge is 0.328 e. The van der Waals surface area contributed by atoms with Crippen molar-refractivity contribution >= 4 is 27.5 Å². The second kappa shape index (κ2) is 4.42. The quantitative estimate of drug-likeness (QED) is 0.823. The van der Waals surface area contributed by atoms with Gasteiger partial charge < -0.3 is 5.11 Å². The molecule has 0 aromatic heterocycles. The van der Waals surface area contributed by atoms with E-state index in [0.29, 0.717) is 0 Å². The first-order chi connectivity index (χ1) is 6.50. The van der Waals surface area contributed by atoms with Gasteiger partial charge in [-0.15, -0.1) is 0 Å². The molecule has 0 saturated heterocycles. The first-order valence-corrected chi connectivity index (χ1v) is 4.98. The molecular formula is C11H11BrO2. The van der Waals surface area contributed by atoms with Crippen LogP contribution in [0.3, 0.4) is 0 Å². The summed E-state index contributed by atoms with van der Waals surface area (Å²) in [6.45, 7) is 3.76. The van der Waals surface area contributed by atoms with Crippen LogP contribution in [0.1, 0.15) is 18.1 Å². The predicted molar refractivity (Wildman–Crippen MR) is 60.2 cm³/mol. The van der Waals surface area contributed by atoms with Gasteiger partial charge in [-0.2, -0.15) is 0 Å². The van der Waals surface area contributed by atoms with Crippen LogP contribution in [-0.2, 0) is 4.79 Å². The van der Waals surface area contributed by atoms with Gasteiger partial charge in [0.1, 0.15) is 0 Å². The number of carboxylic acids is 1. The van der Waals surface area contributed by atoms with Gasteiger partial charge in [-0.1, -0.05) is 28.1 Å². The number of carboxylic acid groups (broad SMARTS) is 1. The highest BCUT2D eigenvalue weighted by Crippen LogP contribution is 2.21. The van der Waals surface area contributed by atoms with Crippen molar-refractivity contribution in [2.75, 3.05) is 0 Å². The number of allylic oxidation sites excluding steroid dienone is 1. The molecule has 3 heteroatoms. The summed E-state index contributed by atoms with van der Waals surface area (Å²) in [6, 6.07) is 5.77. The van der Waals surface area contributed by atoms with Crippen molar-refractivity contribution in [3.8, 4) is 0 Å². The van der Waals surface area contributed by atoms with E-state index in [1.54, 1.807) is 6.92 Å². The molecule has 0 aliphatic carbocycles. The van der Waals surface area contributed by atoms with Crippen molar-refractivity contribution in [1.82, 2.24) is 0 Å². The summed E-state index contributed by atoms with van der Waals surface area (Å²) in [6.07, 6.45) is 1.21. The molecule has 0 spiro atoms. The lowest BCUT2D eigenvalue weighted by atomic mass is 10.1. The maximum atomic E-state index is 10.4. The van der Waals surface area contributed by atoms with Crippen LogP contribution in [0, 0.1) is 6.92 Å². The van der Waals surface area contributed by atoms with Gasteiger partial charge in [0.15, 0.2) is 0 Å². The molecule has 1 rings (SSSR count). The summed E-state index contributed by atoms with van der Waals surface area (Å²) < 4.78 is 1.03. The number of hydrogen-bond acceptors (Lipinski definition) is 1. The number of rotatable bonds is 2. The zero-order valence-electron chi connectivity index (χ0n) is 8.04. The maximum Gasteiger partial charge on any atom is 0.328 e. The number of hydrogen-bond donors (Lipinski definition) is 1. The van der Waals surface area contributed by atoms with Crippen molar-refractivity contribution in [3.63, 3.8) is 0 Å². The molecule has 1 aromatic carbocycles. The molecule has 0 atom stereocenters. The zero-order valence-corrected chi connectivity index (χ0v) is 9.63. The third kappa shape index (κ3) is 2.70. The lowest BCUT2D eigenvalue weighted by Gasteiger charge is -2.03. The number of aliphatic carboxylic acids is 1. The molecule has 0 amide bonds. The van der Waals surface area contributed by atoms with Crippen molar-refractivity contribution in [2.24, 2.45) is 0 Å². The van der Waals surface area contributed by atoms with Crippen LogP contribution < -0.4 is 0 Å². The Bertz CT molecular complexity index is 394. The lowest BCUT2D eigenvalue weighted by molar-refractivity contribution is -0.131. The van der Waals surface area contributed by atoms with Gasteiger partial charge in [0.05, 0.1) is 0 Å². The summed E-state index contributed by atoms with van der Waals surface area (Å²) in [5, 5.41) is 8.58. The molecule has 1 aromatic rings. The Morgan fingerprint density at radius 3 is 2.64 bits per heavy atom. The number of benzene rings is 1. The Balaban J connectivity index is 3.09. The summed E-state index contributed by atoms with van der Waals surface area (Å²) >= 11 is 3.39. The van der Waals surface area contributed by atoms with Crippen LogP contribution in [0.5, 0.6) is 0 Å². The lowest BCUT2D eigenvalue weighted by Crippen LogP contribution is -1.90. The second-order valence-corrected chi connectivity index (χ2v) is 3.98. The first-order valence-electron chi connectivity index (χ1n) is 4.18. The van der Waals surface area contributed by atoms with Crippen LogP contribution >= 0.6 is 15.9 Å². The van der Waals surface area contributed by atoms with Crippen molar-refractivity contribution in [1.29, 1.82) is 0 Å². The molecule has 14 heavy (non-hydrogen) atoms. The average molecular weight is 255 g/mol. The highest BCUT2D eigenvalue weighted by molar-refractivity contribution is 9.10. The van der Waals surface area contributed by atoms with E-state index in [0.717, 1.165) is 21.2 Å². The van der Waals surface area contributed by atoms with Crippen LogP contribution in [0.4, 0.5) is 0 Å². The van der Waals surface area contributed by atoms with Crippen molar-refractivity contribution in [2.45, 2.75) is 13.8 Å². The van der Waals surface area contributed by atoms with E-state index in [2.05, 4.69) is 15.9 Å². The molecule has 0 unspecified atom stereocenters. The van der Waals surface area contributed by atoms with Gasteiger partial charge in [0.2, 0.25) is 0 Å². The fraction of sp³-hybridized carbons (Fsp3) is 0.182. The third-order valence-electron chi connectivity index (χ3n) is 1.95. The highest BCUT2D eigenvalue weighted by Gasteiger charge is 2.00. The molecule has 0 fully saturated rings. The van der Waals surface area contributed by atoms with Crippen LogP contribution in [0.15, 0.2) is 28.7 Å². The molecule has 0 heterocycles. The molecule has 2 nitrogen and oxygen atoms in total. The molecule has 1 N–H and O–H groups in total. The minimum atomic E-state index is -0.914. The van der Waals surface area contributed by atoms with Gasteiger partial charge in [-0.25, -0.2) is 4.79 Å². The minimum absolute atomic E-state index is 0.758. The van der Waals surface area contributed by atoms with Gasteiger partial charge in [-0.05, 0) is 36.6 Å². The van der Waals surface area contributed by atoms with Gasteiger partial charge >= 0.3 is 5.97 Å². The van der Waals surface area contributed by atoms with Crippen LogP contribution in [0.25, 0.3) is 5.57 Å². The van der Waals surface area contributed by atoms with Gasteiger partial charge in [0, 0.05) is 10.5 Å². The second-order valence-electron chi connectivity index (χ2n) is 3.13. The van der Waals surface area contributed by atoms with Gasteiger partial charge in [-0.3, -0.25) is 0 Å². The van der Waals surface area contributed by atoms with E-state index < -0.39 is 5.97 Å². The molecule has 74 valence electrons. The number of aryl methyl sites for hydroxylation is 1. The summed E-state index contributed by atoms with van der Waals surface area (Å²) in [5.41, 5.74) is 2.79. The summed E-state index contributed by atoms with van der Waals surface area (Å²) in [4.78, 5) is 10.4. The molecule has 0 bridgehead atoms.